The van der Waals surface area contributed by atoms with Crippen molar-refractivity contribution in [1.82, 2.24) is 9.13 Å². The third kappa shape index (κ3) is 4.26. The molecule has 2 heterocycles. The van der Waals surface area contributed by atoms with Crippen molar-refractivity contribution in [3.8, 4) is 11.4 Å². The molecule has 0 saturated heterocycles. The van der Waals surface area contributed by atoms with Crippen molar-refractivity contribution in [2.45, 2.75) is 39.2 Å². The van der Waals surface area contributed by atoms with E-state index in [1.54, 1.807) is 55.6 Å². The molecule has 0 radical (unpaired) electrons. The van der Waals surface area contributed by atoms with Crippen LogP contribution in [0.5, 0.6) is 5.75 Å². The van der Waals surface area contributed by atoms with Gasteiger partial charge < -0.3 is 10.1 Å². The van der Waals surface area contributed by atoms with Crippen LogP contribution in [0.2, 0.25) is 0 Å². The van der Waals surface area contributed by atoms with E-state index in [4.69, 9.17) is 4.74 Å². The molecular formula is C27H25N3O5S. The molecule has 184 valence electrons. The first-order chi connectivity index (χ1) is 17.4. The maximum Gasteiger partial charge on any atom is 0.337 e. The number of nitrogens with one attached hydrogen (secondary N) is 1. The molecule has 0 spiro atoms. The summed E-state index contributed by atoms with van der Waals surface area (Å²) in [5, 5.41) is 3.31. The first-order valence-electron chi connectivity index (χ1n) is 11.7. The highest BCUT2D eigenvalue weighted by molar-refractivity contribution is 7.18. The van der Waals surface area contributed by atoms with Gasteiger partial charge in [-0.15, -0.1) is 11.3 Å². The summed E-state index contributed by atoms with van der Waals surface area (Å²) >= 11 is 1.43. The molecule has 8 nitrogen and oxygen atoms in total. The molecular weight excluding hydrogens is 478 g/mol. The zero-order valence-corrected chi connectivity index (χ0v) is 20.8. The highest BCUT2D eigenvalue weighted by Gasteiger charge is 2.25. The van der Waals surface area contributed by atoms with E-state index >= 15 is 0 Å². The van der Waals surface area contributed by atoms with E-state index in [0.29, 0.717) is 32.9 Å². The van der Waals surface area contributed by atoms with Gasteiger partial charge in [0.05, 0.1) is 18.2 Å². The van der Waals surface area contributed by atoms with E-state index in [1.165, 1.54) is 22.8 Å². The topological polar surface area (TPSA) is 99.4 Å². The Labute approximate surface area is 210 Å². The van der Waals surface area contributed by atoms with E-state index in [9.17, 15) is 19.2 Å². The molecule has 0 bridgehead atoms. The highest BCUT2D eigenvalue weighted by Crippen LogP contribution is 2.34. The van der Waals surface area contributed by atoms with Crippen LogP contribution in [0.4, 0.5) is 5.69 Å². The molecule has 1 amide bonds. The lowest BCUT2D eigenvalue weighted by molar-refractivity contribution is -0.116. The molecule has 0 unspecified atom stereocenters. The second-order valence-corrected chi connectivity index (χ2v) is 9.86. The summed E-state index contributed by atoms with van der Waals surface area (Å²) in [6.45, 7) is 1.23. The molecule has 0 saturated carbocycles. The summed E-state index contributed by atoms with van der Waals surface area (Å²) in [6, 6.07) is 13.3. The Morgan fingerprint density at radius 3 is 2.36 bits per heavy atom. The van der Waals surface area contributed by atoms with Crippen molar-refractivity contribution >= 4 is 38.9 Å². The standard InChI is InChI=1S/C27H25N3O5S/c1-16(31)17-7-9-18(10-8-17)28-23(32)15-29-26-24(21-5-3-4-6-22(21)36-26)25(33)30(27(29)34)19-11-13-20(35-2)14-12-19/h7-14H,3-6,15H2,1-2H3,(H,28,32). The second-order valence-electron chi connectivity index (χ2n) is 8.78. The Hall–Kier alpha value is -3.98. The quantitative estimate of drug-likeness (QED) is 0.402. The van der Waals surface area contributed by atoms with Crippen molar-refractivity contribution in [1.29, 1.82) is 0 Å². The predicted molar refractivity (Wildman–Crippen MR) is 140 cm³/mol. The van der Waals surface area contributed by atoms with E-state index in [2.05, 4.69) is 5.32 Å². The number of aromatic nitrogens is 2. The van der Waals surface area contributed by atoms with Crippen LogP contribution in [0.25, 0.3) is 15.9 Å². The molecule has 0 aliphatic heterocycles. The average Bonchev–Trinajstić information content (AvgIpc) is 3.27. The smallest absolute Gasteiger partial charge is 0.337 e. The van der Waals surface area contributed by atoms with Gasteiger partial charge in [0.1, 0.15) is 17.1 Å². The van der Waals surface area contributed by atoms with Gasteiger partial charge in [-0.2, -0.15) is 0 Å². The summed E-state index contributed by atoms with van der Waals surface area (Å²) in [7, 11) is 1.55. The number of aryl methyl sites for hydroxylation is 2. The minimum Gasteiger partial charge on any atom is -0.497 e. The molecule has 0 atom stereocenters. The van der Waals surface area contributed by atoms with Crippen LogP contribution >= 0.6 is 11.3 Å². The number of benzene rings is 2. The van der Waals surface area contributed by atoms with E-state index in [-0.39, 0.29) is 17.9 Å². The maximum absolute atomic E-state index is 13.7. The van der Waals surface area contributed by atoms with Gasteiger partial charge in [0, 0.05) is 16.1 Å². The number of carbonyl (C=O) groups excluding carboxylic acids is 2. The number of hydrogen-bond acceptors (Lipinski definition) is 6. The van der Waals surface area contributed by atoms with Gasteiger partial charge in [0.15, 0.2) is 5.78 Å². The van der Waals surface area contributed by atoms with Gasteiger partial charge in [-0.3, -0.25) is 19.0 Å². The van der Waals surface area contributed by atoms with Gasteiger partial charge >= 0.3 is 5.69 Å². The Morgan fingerprint density at radius 2 is 1.69 bits per heavy atom. The number of methoxy groups -OCH3 is 1. The lowest BCUT2D eigenvalue weighted by Gasteiger charge is -2.14. The minimum atomic E-state index is -0.571. The number of fused-ring (bicyclic) bond motifs is 3. The fourth-order valence-electron chi connectivity index (χ4n) is 4.60. The first kappa shape index (κ1) is 23.7. The van der Waals surface area contributed by atoms with Gasteiger partial charge in [0.25, 0.3) is 5.56 Å². The summed E-state index contributed by atoms with van der Waals surface area (Å²) in [5.74, 6) is 0.140. The third-order valence-electron chi connectivity index (χ3n) is 6.44. The van der Waals surface area contributed by atoms with Gasteiger partial charge in [0.2, 0.25) is 5.91 Å². The SMILES string of the molecule is COc1ccc(-n2c(=O)c3c4c(sc3n(CC(=O)Nc3ccc(C(C)=O)cc3)c2=O)CCCC4)cc1. The third-order valence-corrected chi connectivity index (χ3v) is 7.76. The Bertz CT molecular complexity index is 1590. The maximum atomic E-state index is 13.7. The summed E-state index contributed by atoms with van der Waals surface area (Å²) in [6.07, 6.45) is 3.66. The molecule has 9 heteroatoms. The lowest BCUT2D eigenvalue weighted by Crippen LogP contribution is -2.40. The fourth-order valence-corrected chi connectivity index (χ4v) is 5.97. The monoisotopic (exact) mass is 503 g/mol. The van der Waals surface area contributed by atoms with Crippen molar-refractivity contribution in [2.24, 2.45) is 0 Å². The Kier molecular flexibility index (Phi) is 6.32. The number of Topliss-reactive ketones (excluding diaryl/α,β-unsaturated/α-hetero) is 1. The average molecular weight is 504 g/mol. The normalized spacial score (nSPS) is 12.8. The number of carbonyl (C=O) groups is 2. The fraction of sp³-hybridized carbons (Fsp3) is 0.259. The second kappa shape index (κ2) is 9.58. The number of amides is 1. The summed E-state index contributed by atoms with van der Waals surface area (Å²) < 4.78 is 7.74. The van der Waals surface area contributed by atoms with Crippen LogP contribution in [0.1, 0.15) is 40.6 Å². The number of ether oxygens (including phenoxy) is 1. The zero-order chi connectivity index (χ0) is 25.4. The molecule has 1 aliphatic rings. The molecule has 1 N–H and O–H groups in total. The van der Waals surface area contributed by atoms with Crippen LogP contribution in [0, 0.1) is 0 Å². The van der Waals surface area contributed by atoms with Gasteiger partial charge in [-0.25, -0.2) is 9.36 Å². The lowest BCUT2D eigenvalue weighted by atomic mass is 9.97. The van der Waals surface area contributed by atoms with Crippen LogP contribution in [-0.2, 0) is 24.2 Å². The number of rotatable bonds is 6. The zero-order valence-electron chi connectivity index (χ0n) is 20.0. The van der Waals surface area contributed by atoms with Crippen LogP contribution in [-0.4, -0.2) is 27.9 Å². The van der Waals surface area contributed by atoms with Crippen molar-refractivity contribution in [3.63, 3.8) is 0 Å². The van der Waals surface area contributed by atoms with Crippen molar-refractivity contribution in [2.75, 3.05) is 12.4 Å². The number of hydrogen-bond donors (Lipinski definition) is 1. The molecule has 36 heavy (non-hydrogen) atoms. The van der Waals surface area contributed by atoms with Crippen molar-refractivity contribution in [3.05, 3.63) is 85.4 Å². The van der Waals surface area contributed by atoms with E-state index in [0.717, 1.165) is 40.7 Å². The molecule has 2 aromatic carbocycles. The number of ketones is 1. The number of thiophene rings is 1. The van der Waals surface area contributed by atoms with Crippen molar-refractivity contribution < 1.29 is 14.3 Å². The highest BCUT2D eigenvalue weighted by atomic mass is 32.1. The van der Waals surface area contributed by atoms with E-state index in [1.807, 2.05) is 0 Å². The van der Waals surface area contributed by atoms with Gasteiger partial charge in [-0.05, 0) is 86.7 Å². The minimum absolute atomic E-state index is 0.0655. The first-order valence-corrected chi connectivity index (χ1v) is 12.5. The van der Waals surface area contributed by atoms with Crippen LogP contribution in [0.3, 0.4) is 0 Å². The molecule has 1 aliphatic carbocycles. The summed E-state index contributed by atoms with van der Waals surface area (Å²) in [4.78, 5) is 53.5. The number of nitrogens with zero attached hydrogens (tertiary/aromatic N) is 2. The molecule has 4 aromatic rings. The molecule has 0 fully saturated rings. The predicted octanol–water partition coefficient (Wildman–Crippen LogP) is 3.94. The largest absolute Gasteiger partial charge is 0.497 e. The van der Waals surface area contributed by atoms with Gasteiger partial charge in [-0.1, -0.05) is 0 Å². The Morgan fingerprint density at radius 1 is 1.00 bits per heavy atom. The van der Waals surface area contributed by atoms with Crippen LogP contribution in [0.15, 0.2) is 58.1 Å². The Balaban J connectivity index is 1.60. The molecule has 2 aromatic heterocycles. The van der Waals surface area contributed by atoms with E-state index < -0.39 is 11.6 Å². The van der Waals surface area contributed by atoms with Crippen LogP contribution < -0.4 is 21.3 Å². The number of anilines is 1. The molecule has 5 rings (SSSR count). The summed E-state index contributed by atoms with van der Waals surface area (Å²) in [5.41, 5.74) is 1.53.